The molecule has 0 aliphatic heterocycles. The molecule has 0 unspecified atom stereocenters. The Morgan fingerprint density at radius 1 is 1.28 bits per heavy atom. The zero-order chi connectivity index (χ0) is 13.0. The molecule has 1 saturated carbocycles. The third-order valence-corrected chi connectivity index (χ3v) is 3.94. The van der Waals surface area contributed by atoms with Crippen LogP contribution in [0, 0.1) is 24.2 Å². The summed E-state index contributed by atoms with van der Waals surface area (Å²) in [5.41, 5.74) is 3.10. The van der Waals surface area contributed by atoms with E-state index in [1.165, 1.54) is 37.7 Å². The summed E-state index contributed by atoms with van der Waals surface area (Å²) in [4.78, 5) is 2.27. The lowest BCUT2D eigenvalue weighted by Gasteiger charge is -2.29. The molecule has 2 heteroatoms. The maximum atomic E-state index is 9.19. The number of nitrogens with zero attached hydrogens (tertiary/aromatic N) is 2. The normalized spacial score (nSPS) is 16.3. The van der Waals surface area contributed by atoms with Crippen molar-refractivity contribution in [1.29, 1.82) is 5.26 Å². The van der Waals surface area contributed by atoms with Gasteiger partial charge in [0.2, 0.25) is 0 Å². The molecule has 1 aromatic carbocycles. The first-order chi connectivity index (χ1) is 8.70. The first-order valence-electron chi connectivity index (χ1n) is 6.92. The van der Waals surface area contributed by atoms with E-state index in [0.717, 1.165) is 23.7 Å². The van der Waals surface area contributed by atoms with Crippen LogP contribution in [0.3, 0.4) is 0 Å². The molecule has 0 aromatic heterocycles. The SMILES string of the molecule is Cc1ccc(C#N)c(N(C)CC2CCCCC2)c1. The number of nitriles is 1. The van der Waals surface area contributed by atoms with E-state index in [2.05, 4.69) is 31.0 Å². The van der Waals surface area contributed by atoms with Crippen LogP contribution < -0.4 is 4.90 Å². The zero-order valence-corrected chi connectivity index (χ0v) is 11.4. The standard InChI is InChI=1S/C16H22N2/c1-13-8-9-15(11-17)16(10-13)18(2)12-14-6-4-3-5-7-14/h8-10,14H,3-7,12H2,1-2H3. The van der Waals surface area contributed by atoms with E-state index in [0.29, 0.717) is 0 Å². The van der Waals surface area contributed by atoms with E-state index in [9.17, 15) is 5.26 Å². The second-order valence-corrected chi connectivity index (χ2v) is 5.52. The fourth-order valence-corrected chi connectivity index (χ4v) is 2.91. The van der Waals surface area contributed by atoms with Crippen LogP contribution in [0.5, 0.6) is 0 Å². The van der Waals surface area contributed by atoms with Gasteiger partial charge in [0.1, 0.15) is 6.07 Å². The molecule has 0 N–H and O–H groups in total. The molecule has 1 fully saturated rings. The van der Waals surface area contributed by atoms with Crippen molar-refractivity contribution >= 4 is 5.69 Å². The van der Waals surface area contributed by atoms with Crippen LogP contribution in [-0.4, -0.2) is 13.6 Å². The Morgan fingerprint density at radius 3 is 2.67 bits per heavy atom. The third kappa shape index (κ3) is 3.04. The largest absolute Gasteiger partial charge is 0.373 e. The van der Waals surface area contributed by atoms with Gasteiger partial charge in [-0.05, 0) is 43.4 Å². The van der Waals surface area contributed by atoms with Gasteiger partial charge >= 0.3 is 0 Å². The molecule has 0 amide bonds. The quantitative estimate of drug-likeness (QED) is 0.804. The molecule has 0 heterocycles. The van der Waals surface area contributed by atoms with E-state index in [4.69, 9.17) is 0 Å². The van der Waals surface area contributed by atoms with E-state index in [1.807, 2.05) is 12.1 Å². The van der Waals surface area contributed by atoms with E-state index in [1.54, 1.807) is 0 Å². The average molecular weight is 242 g/mol. The second kappa shape index (κ2) is 5.91. The van der Waals surface area contributed by atoms with E-state index in [-0.39, 0.29) is 0 Å². The fraction of sp³-hybridized carbons (Fsp3) is 0.562. The minimum absolute atomic E-state index is 0.791. The van der Waals surface area contributed by atoms with Gasteiger partial charge in [0.25, 0.3) is 0 Å². The molecule has 0 saturated heterocycles. The van der Waals surface area contributed by atoms with E-state index >= 15 is 0 Å². The predicted molar refractivity (Wildman–Crippen MR) is 75.7 cm³/mol. The summed E-state index contributed by atoms with van der Waals surface area (Å²) in [6, 6.07) is 8.37. The number of rotatable bonds is 3. The molecule has 96 valence electrons. The molecule has 1 aromatic rings. The fourth-order valence-electron chi connectivity index (χ4n) is 2.91. The predicted octanol–water partition coefficient (Wildman–Crippen LogP) is 3.88. The number of anilines is 1. The number of hydrogen-bond acceptors (Lipinski definition) is 2. The first-order valence-corrected chi connectivity index (χ1v) is 6.92. The Kier molecular flexibility index (Phi) is 4.25. The van der Waals surface area contributed by atoms with Crippen LogP contribution in [0.4, 0.5) is 5.69 Å². The summed E-state index contributed by atoms with van der Waals surface area (Å²) in [7, 11) is 2.12. The topological polar surface area (TPSA) is 27.0 Å². The number of hydrogen-bond donors (Lipinski definition) is 0. The molecular formula is C16H22N2. The summed E-state index contributed by atoms with van der Waals surface area (Å²) < 4.78 is 0. The van der Waals surface area contributed by atoms with Crippen molar-refractivity contribution in [3.05, 3.63) is 29.3 Å². The lowest BCUT2D eigenvalue weighted by molar-refractivity contribution is 0.362. The first kappa shape index (κ1) is 13.0. The Hall–Kier alpha value is -1.49. The molecule has 1 aliphatic rings. The van der Waals surface area contributed by atoms with Crippen molar-refractivity contribution < 1.29 is 0 Å². The maximum Gasteiger partial charge on any atom is 0.101 e. The summed E-state index contributed by atoms with van der Waals surface area (Å²) in [5, 5.41) is 9.19. The minimum atomic E-state index is 0.791. The van der Waals surface area contributed by atoms with Crippen molar-refractivity contribution in [2.75, 3.05) is 18.5 Å². The summed E-state index contributed by atoms with van der Waals surface area (Å²) in [6.07, 6.45) is 6.83. The van der Waals surface area contributed by atoms with Gasteiger partial charge in [-0.1, -0.05) is 25.3 Å². The van der Waals surface area contributed by atoms with Crippen LogP contribution in [-0.2, 0) is 0 Å². The van der Waals surface area contributed by atoms with Crippen LogP contribution in [0.2, 0.25) is 0 Å². The average Bonchev–Trinajstić information content (AvgIpc) is 2.40. The maximum absolute atomic E-state index is 9.19. The Bertz CT molecular complexity index is 439. The van der Waals surface area contributed by atoms with Gasteiger partial charge in [0.15, 0.2) is 0 Å². The lowest BCUT2D eigenvalue weighted by Crippen LogP contribution is -2.27. The highest BCUT2D eigenvalue weighted by Crippen LogP contribution is 2.27. The Morgan fingerprint density at radius 2 is 2.00 bits per heavy atom. The van der Waals surface area contributed by atoms with Crippen LogP contribution in [0.1, 0.15) is 43.2 Å². The third-order valence-electron chi connectivity index (χ3n) is 3.94. The molecule has 0 atom stereocenters. The summed E-state index contributed by atoms with van der Waals surface area (Å²) >= 11 is 0. The van der Waals surface area contributed by atoms with Gasteiger partial charge < -0.3 is 4.90 Å². The number of aryl methyl sites for hydroxylation is 1. The van der Waals surface area contributed by atoms with Crippen molar-refractivity contribution in [3.63, 3.8) is 0 Å². The highest BCUT2D eigenvalue weighted by molar-refractivity contribution is 5.60. The van der Waals surface area contributed by atoms with Crippen molar-refractivity contribution in [2.45, 2.75) is 39.0 Å². The van der Waals surface area contributed by atoms with Crippen molar-refractivity contribution in [3.8, 4) is 6.07 Å². The molecule has 2 rings (SSSR count). The zero-order valence-electron chi connectivity index (χ0n) is 11.4. The monoisotopic (exact) mass is 242 g/mol. The Balaban J connectivity index is 2.10. The summed E-state index contributed by atoms with van der Waals surface area (Å²) in [6.45, 7) is 3.16. The summed E-state index contributed by atoms with van der Waals surface area (Å²) in [5.74, 6) is 0.802. The van der Waals surface area contributed by atoms with Gasteiger partial charge in [0.05, 0.1) is 11.3 Å². The molecule has 2 nitrogen and oxygen atoms in total. The van der Waals surface area contributed by atoms with Gasteiger partial charge in [-0.2, -0.15) is 5.26 Å². The molecule has 1 aliphatic carbocycles. The highest BCUT2D eigenvalue weighted by Gasteiger charge is 2.17. The molecule has 18 heavy (non-hydrogen) atoms. The number of benzene rings is 1. The van der Waals surface area contributed by atoms with Crippen molar-refractivity contribution in [1.82, 2.24) is 0 Å². The van der Waals surface area contributed by atoms with Gasteiger partial charge in [0, 0.05) is 13.6 Å². The molecular weight excluding hydrogens is 220 g/mol. The molecule has 0 bridgehead atoms. The molecule has 0 spiro atoms. The van der Waals surface area contributed by atoms with Crippen molar-refractivity contribution in [2.24, 2.45) is 5.92 Å². The smallest absolute Gasteiger partial charge is 0.101 e. The highest BCUT2D eigenvalue weighted by atomic mass is 15.1. The Labute approximate surface area is 110 Å². The molecule has 0 radical (unpaired) electrons. The van der Waals surface area contributed by atoms with E-state index < -0.39 is 0 Å². The second-order valence-electron chi connectivity index (χ2n) is 5.52. The minimum Gasteiger partial charge on any atom is -0.373 e. The van der Waals surface area contributed by atoms with Crippen LogP contribution >= 0.6 is 0 Å². The van der Waals surface area contributed by atoms with Crippen LogP contribution in [0.25, 0.3) is 0 Å². The van der Waals surface area contributed by atoms with Gasteiger partial charge in [-0.25, -0.2) is 0 Å². The van der Waals surface area contributed by atoms with Gasteiger partial charge in [-0.15, -0.1) is 0 Å². The van der Waals surface area contributed by atoms with Crippen LogP contribution in [0.15, 0.2) is 18.2 Å². The van der Waals surface area contributed by atoms with Gasteiger partial charge in [-0.3, -0.25) is 0 Å². The lowest BCUT2D eigenvalue weighted by atomic mass is 9.89.